The van der Waals surface area contributed by atoms with Gasteiger partial charge in [0.25, 0.3) is 0 Å². The van der Waals surface area contributed by atoms with Crippen molar-refractivity contribution in [3.05, 3.63) is 65.2 Å². The summed E-state index contributed by atoms with van der Waals surface area (Å²) in [5, 5.41) is 2.72. The van der Waals surface area contributed by atoms with Gasteiger partial charge < -0.3 is 0 Å². The number of thiazole rings is 2. The first-order chi connectivity index (χ1) is 13.1. The number of anilines is 2. The molecule has 0 aliphatic heterocycles. The van der Waals surface area contributed by atoms with Gasteiger partial charge in [-0.25, -0.2) is 9.97 Å². The fraction of sp³-hybridized carbons (Fsp3) is 0.150. The van der Waals surface area contributed by atoms with E-state index in [2.05, 4.69) is 16.0 Å². The van der Waals surface area contributed by atoms with Crippen molar-refractivity contribution in [1.82, 2.24) is 9.97 Å². The van der Waals surface area contributed by atoms with Gasteiger partial charge in [-0.3, -0.25) is 9.69 Å². The van der Waals surface area contributed by atoms with E-state index in [4.69, 9.17) is 0 Å². The number of rotatable bonds is 5. The smallest absolute Gasteiger partial charge is 0.230 e. The lowest BCUT2D eigenvalue weighted by Gasteiger charge is -2.18. The predicted octanol–water partition coefficient (Wildman–Crippen LogP) is 6.04. The number of hydrogen-bond acceptors (Lipinski definition) is 6. The van der Waals surface area contributed by atoms with Crippen molar-refractivity contribution in [3.63, 3.8) is 0 Å². The van der Waals surface area contributed by atoms with Gasteiger partial charge in [-0.05, 0) is 36.8 Å². The maximum atomic E-state index is 12.2. The van der Waals surface area contributed by atoms with Crippen LogP contribution >= 0.6 is 34.4 Å². The van der Waals surface area contributed by atoms with Crippen molar-refractivity contribution in [2.75, 3.05) is 4.90 Å². The van der Waals surface area contributed by atoms with Gasteiger partial charge in [0, 0.05) is 18.1 Å². The van der Waals surface area contributed by atoms with Gasteiger partial charge in [0.1, 0.15) is 0 Å². The Morgan fingerprint density at radius 3 is 2.78 bits per heavy atom. The molecular formula is C20H17N3OS3. The second-order valence-corrected chi connectivity index (χ2v) is 9.14. The van der Waals surface area contributed by atoms with E-state index >= 15 is 0 Å². The fourth-order valence-corrected chi connectivity index (χ4v) is 5.66. The summed E-state index contributed by atoms with van der Waals surface area (Å²) in [5.41, 5.74) is 3.95. The second kappa shape index (κ2) is 7.80. The number of aryl methyl sites for hydroxylation is 1. The Labute approximate surface area is 169 Å². The Hall–Kier alpha value is -2.22. The van der Waals surface area contributed by atoms with E-state index < -0.39 is 0 Å². The number of aromatic nitrogens is 2. The molecule has 136 valence electrons. The first kappa shape index (κ1) is 18.2. The minimum absolute atomic E-state index is 0.0414. The van der Waals surface area contributed by atoms with E-state index in [0.717, 1.165) is 32.6 Å². The minimum Gasteiger partial charge on any atom is -0.274 e. The molecule has 0 spiro atoms. The highest BCUT2D eigenvalue weighted by molar-refractivity contribution is 8.00. The molecule has 2 heterocycles. The predicted molar refractivity (Wildman–Crippen MR) is 115 cm³/mol. The first-order valence-electron chi connectivity index (χ1n) is 8.40. The van der Waals surface area contributed by atoms with Crippen molar-refractivity contribution in [2.24, 2.45) is 0 Å². The third-order valence-electron chi connectivity index (χ3n) is 3.92. The quantitative estimate of drug-likeness (QED) is 0.376. The Kier molecular flexibility index (Phi) is 5.24. The lowest BCUT2D eigenvalue weighted by atomic mass is 10.2. The van der Waals surface area contributed by atoms with Crippen LogP contribution in [0.3, 0.4) is 0 Å². The molecule has 7 heteroatoms. The van der Waals surface area contributed by atoms with E-state index in [-0.39, 0.29) is 5.91 Å². The van der Waals surface area contributed by atoms with Crippen LogP contribution in [0.2, 0.25) is 0 Å². The Balaban J connectivity index is 1.52. The van der Waals surface area contributed by atoms with Crippen LogP contribution in [-0.2, 0) is 10.5 Å². The molecule has 2 aromatic carbocycles. The molecule has 0 atom stereocenters. The van der Waals surface area contributed by atoms with Crippen molar-refractivity contribution >= 4 is 61.4 Å². The Bertz CT molecular complexity index is 1070. The van der Waals surface area contributed by atoms with Crippen LogP contribution in [0.5, 0.6) is 0 Å². The van der Waals surface area contributed by atoms with Crippen LogP contribution in [0.1, 0.15) is 18.2 Å². The zero-order chi connectivity index (χ0) is 18.8. The number of amides is 1. The number of fused-ring (bicyclic) bond motifs is 1. The van der Waals surface area contributed by atoms with Crippen molar-refractivity contribution < 1.29 is 4.79 Å². The summed E-state index contributed by atoms with van der Waals surface area (Å²) in [6.45, 7) is 3.59. The standard InChI is InChI=1S/C20H17N3OS3/c1-13-6-5-7-16(10-13)23(14(2)24)19-21-15(11-25-19)12-26-20-22-17-8-3-4-9-18(17)27-20/h3-11H,12H2,1-2H3. The van der Waals surface area contributed by atoms with Gasteiger partial charge in [0.15, 0.2) is 9.47 Å². The van der Waals surface area contributed by atoms with E-state index in [1.807, 2.05) is 54.8 Å². The molecule has 4 aromatic rings. The average Bonchev–Trinajstić information content (AvgIpc) is 3.26. The highest BCUT2D eigenvalue weighted by Crippen LogP contribution is 2.34. The van der Waals surface area contributed by atoms with Gasteiger partial charge in [-0.15, -0.1) is 22.7 Å². The van der Waals surface area contributed by atoms with E-state index in [1.54, 1.807) is 34.9 Å². The molecule has 2 aromatic heterocycles. The lowest BCUT2D eigenvalue weighted by Crippen LogP contribution is -2.22. The van der Waals surface area contributed by atoms with Crippen LogP contribution in [0.15, 0.2) is 58.3 Å². The van der Waals surface area contributed by atoms with E-state index in [0.29, 0.717) is 5.13 Å². The van der Waals surface area contributed by atoms with Crippen molar-refractivity contribution in [3.8, 4) is 0 Å². The number of carbonyl (C=O) groups excluding carboxylic acids is 1. The molecule has 0 saturated carbocycles. The van der Waals surface area contributed by atoms with Gasteiger partial charge in [-0.2, -0.15) is 0 Å². The van der Waals surface area contributed by atoms with Gasteiger partial charge in [0.05, 0.1) is 21.6 Å². The van der Waals surface area contributed by atoms with Gasteiger partial charge in [-0.1, -0.05) is 36.0 Å². The molecule has 4 nitrogen and oxygen atoms in total. The molecule has 4 rings (SSSR count). The highest BCUT2D eigenvalue weighted by Gasteiger charge is 2.18. The second-order valence-electron chi connectivity index (χ2n) is 6.05. The largest absolute Gasteiger partial charge is 0.274 e. The highest BCUT2D eigenvalue weighted by atomic mass is 32.2. The van der Waals surface area contributed by atoms with Crippen LogP contribution in [0.4, 0.5) is 10.8 Å². The van der Waals surface area contributed by atoms with Crippen LogP contribution in [0, 0.1) is 6.92 Å². The normalized spacial score (nSPS) is 11.0. The summed E-state index contributed by atoms with van der Waals surface area (Å²) in [6.07, 6.45) is 0. The summed E-state index contributed by atoms with van der Waals surface area (Å²) < 4.78 is 2.23. The molecule has 27 heavy (non-hydrogen) atoms. The van der Waals surface area contributed by atoms with Crippen LogP contribution < -0.4 is 4.90 Å². The number of para-hydroxylation sites is 1. The molecule has 0 fully saturated rings. The minimum atomic E-state index is -0.0414. The third kappa shape index (κ3) is 4.05. The Morgan fingerprint density at radius 1 is 1.15 bits per heavy atom. The molecule has 0 bridgehead atoms. The summed E-state index contributed by atoms with van der Waals surface area (Å²) >= 11 is 4.87. The molecular weight excluding hydrogens is 394 g/mol. The molecule has 1 amide bonds. The number of thioether (sulfide) groups is 1. The summed E-state index contributed by atoms with van der Waals surface area (Å²) in [7, 11) is 0. The summed E-state index contributed by atoms with van der Waals surface area (Å²) in [5.74, 6) is 0.691. The molecule has 0 aliphatic carbocycles. The maximum Gasteiger partial charge on any atom is 0.230 e. The molecule has 0 N–H and O–H groups in total. The molecule has 0 radical (unpaired) electrons. The van der Waals surface area contributed by atoms with Crippen molar-refractivity contribution in [2.45, 2.75) is 23.9 Å². The monoisotopic (exact) mass is 411 g/mol. The van der Waals surface area contributed by atoms with Crippen LogP contribution in [0.25, 0.3) is 10.2 Å². The summed E-state index contributed by atoms with van der Waals surface area (Å²) in [6, 6.07) is 16.1. The lowest BCUT2D eigenvalue weighted by molar-refractivity contribution is -0.115. The van der Waals surface area contributed by atoms with Gasteiger partial charge >= 0.3 is 0 Å². The third-order valence-corrected chi connectivity index (χ3v) is 7.01. The topological polar surface area (TPSA) is 46.1 Å². The Morgan fingerprint density at radius 2 is 2.00 bits per heavy atom. The molecule has 0 aliphatic rings. The molecule has 0 saturated heterocycles. The van der Waals surface area contributed by atoms with E-state index in [9.17, 15) is 4.79 Å². The fourth-order valence-electron chi connectivity index (χ4n) is 2.71. The zero-order valence-electron chi connectivity index (χ0n) is 14.9. The van der Waals surface area contributed by atoms with Crippen LogP contribution in [-0.4, -0.2) is 15.9 Å². The van der Waals surface area contributed by atoms with E-state index in [1.165, 1.54) is 16.0 Å². The molecule has 0 unspecified atom stereocenters. The number of carbonyl (C=O) groups is 1. The number of benzene rings is 2. The number of hydrogen-bond donors (Lipinski definition) is 0. The van der Waals surface area contributed by atoms with Gasteiger partial charge in [0.2, 0.25) is 5.91 Å². The first-order valence-corrected chi connectivity index (χ1v) is 11.1. The average molecular weight is 412 g/mol. The maximum absolute atomic E-state index is 12.2. The van der Waals surface area contributed by atoms with Crippen molar-refractivity contribution in [1.29, 1.82) is 0 Å². The zero-order valence-corrected chi connectivity index (χ0v) is 17.3. The summed E-state index contributed by atoms with van der Waals surface area (Å²) in [4.78, 5) is 23.2. The SMILES string of the molecule is CC(=O)N(c1cccc(C)c1)c1nc(CSc2nc3ccccc3s2)cs1. The number of nitrogens with zero attached hydrogens (tertiary/aromatic N) is 3.